The van der Waals surface area contributed by atoms with Crippen molar-refractivity contribution < 1.29 is 13.5 Å². The van der Waals surface area contributed by atoms with Crippen molar-refractivity contribution in [3.05, 3.63) is 0 Å². The first-order valence-corrected chi connectivity index (χ1v) is 6.78. The first-order chi connectivity index (χ1) is 6.33. The molecule has 0 saturated heterocycles. The number of rotatable bonds is 7. The molecule has 0 heterocycles. The fourth-order valence-electron chi connectivity index (χ4n) is 0.855. The maximum Gasteiger partial charge on any atom is 0.151 e. The summed E-state index contributed by atoms with van der Waals surface area (Å²) in [4.78, 5) is 0. The van der Waals surface area contributed by atoms with Gasteiger partial charge in [0.2, 0.25) is 0 Å². The minimum absolute atomic E-state index is 0.142. The van der Waals surface area contributed by atoms with Crippen LogP contribution in [0.4, 0.5) is 0 Å². The molecule has 0 rings (SSSR count). The van der Waals surface area contributed by atoms with E-state index in [-0.39, 0.29) is 11.5 Å². The number of hydrogen-bond acceptors (Lipinski definition) is 4. The maximum absolute atomic E-state index is 11.1. The Hall–Kier alpha value is -0.130. The molecular formula is C9H21NO3S. The molecule has 1 atom stereocenters. The predicted molar refractivity (Wildman–Crippen MR) is 58.1 cm³/mol. The molecule has 0 aliphatic heterocycles. The highest BCUT2D eigenvalue weighted by molar-refractivity contribution is 7.91. The van der Waals surface area contributed by atoms with Crippen LogP contribution >= 0.6 is 0 Å². The zero-order valence-corrected chi connectivity index (χ0v) is 10.0. The van der Waals surface area contributed by atoms with Gasteiger partial charge in [0.15, 0.2) is 9.84 Å². The largest absolute Gasteiger partial charge is 0.389 e. The van der Waals surface area contributed by atoms with Crippen LogP contribution in [0.3, 0.4) is 0 Å². The van der Waals surface area contributed by atoms with Crippen molar-refractivity contribution in [2.75, 3.05) is 24.6 Å². The molecule has 0 aromatic rings. The van der Waals surface area contributed by atoms with E-state index in [9.17, 15) is 13.5 Å². The highest BCUT2D eigenvalue weighted by Crippen LogP contribution is 2.05. The molecular weight excluding hydrogens is 202 g/mol. The van der Waals surface area contributed by atoms with E-state index in [1.165, 1.54) is 0 Å². The Morgan fingerprint density at radius 3 is 2.36 bits per heavy atom. The molecule has 0 aliphatic carbocycles. The van der Waals surface area contributed by atoms with E-state index in [2.05, 4.69) is 5.32 Å². The van der Waals surface area contributed by atoms with Gasteiger partial charge in [-0.2, -0.15) is 0 Å². The first-order valence-electron chi connectivity index (χ1n) is 4.96. The van der Waals surface area contributed by atoms with Crippen molar-refractivity contribution >= 4 is 9.84 Å². The highest BCUT2D eigenvalue weighted by Gasteiger charge is 2.16. The molecule has 0 radical (unpaired) electrons. The molecule has 0 aromatic carbocycles. The van der Waals surface area contributed by atoms with Crippen molar-refractivity contribution in [1.29, 1.82) is 0 Å². The van der Waals surface area contributed by atoms with Crippen LogP contribution in [-0.4, -0.2) is 43.7 Å². The zero-order chi connectivity index (χ0) is 11.2. The van der Waals surface area contributed by atoms with Crippen LogP contribution in [0, 0.1) is 0 Å². The van der Waals surface area contributed by atoms with Crippen molar-refractivity contribution in [3.8, 4) is 0 Å². The molecule has 2 N–H and O–H groups in total. The second-order valence-corrected chi connectivity index (χ2v) is 6.24. The normalized spacial score (nSPS) is 16.6. The third-order valence-corrected chi connectivity index (χ3v) is 4.00. The molecule has 5 heteroatoms. The van der Waals surface area contributed by atoms with E-state index >= 15 is 0 Å². The quantitative estimate of drug-likeness (QED) is 0.604. The Bertz CT molecular complexity index is 247. The van der Waals surface area contributed by atoms with Gasteiger partial charge in [0, 0.05) is 18.8 Å². The van der Waals surface area contributed by atoms with Gasteiger partial charge in [0.25, 0.3) is 0 Å². The van der Waals surface area contributed by atoms with E-state index in [1.807, 2.05) is 6.92 Å². The van der Waals surface area contributed by atoms with E-state index in [1.54, 1.807) is 13.8 Å². The lowest BCUT2D eigenvalue weighted by atomic mass is 10.0. The van der Waals surface area contributed by atoms with Gasteiger partial charge in [-0.3, -0.25) is 0 Å². The van der Waals surface area contributed by atoms with Crippen LogP contribution < -0.4 is 5.32 Å². The maximum atomic E-state index is 11.1. The lowest BCUT2D eigenvalue weighted by molar-refractivity contribution is 0.0565. The molecule has 4 nitrogen and oxygen atoms in total. The molecule has 14 heavy (non-hydrogen) atoms. The SMILES string of the molecule is CCC(C)(O)CNCCS(=O)(=O)CC. The summed E-state index contributed by atoms with van der Waals surface area (Å²) in [5.74, 6) is 0.322. The van der Waals surface area contributed by atoms with Crippen molar-refractivity contribution in [2.45, 2.75) is 32.8 Å². The summed E-state index contributed by atoms with van der Waals surface area (Å²) in [7, 11) is -2.89. The van der Waals surface area contributed by atoms with Crippen LogP contribution in [0.5, 0.6) is 0 Å². The van der Waals surface area contributed by atoms with Gasteiger partial charge in [-0.25, -0.2) is 8.42 Å². The topological polar surface area (TPSA) is 66.4 Å². The van der Waals surface area contributed by atoms with Gasteiger partial charge in [-0.15, -0.1) is 0 Å². The van der Waals surface area contributed by atoms with Crippen molar-refractivity contribution in [2.24, 2.45) is 0 Å². The Morgan fingerprint density at radius 1 is 1.36 bits per heavy atom. The first kappa shape index (κ1) is 13.9. The second-order valence-electron chi connectivity index (χ2n) is 3.76. The molecule has 1 unspecified atom stereocenters. The van der Waals surface area contributed by atoms with Crippen molar-refractivity contribution in [1.82, 2.24) is 5.32 Å². The summed E-state index contributed by atoms with van der Waals surface area (Å²) in [6.45, 7) is 6.10. The predicted octanol–water partition coefficient (Wildman–Crippen LogP) is 0.172. The van der Waals surface area contributed by atoms with Crippen LogP contribution in [0.1, 0.15) is 27.2 Å². The zero-order valence-electron chi connectivity index (χ0n) is 9.21. The Labute approximate surface area is 86.6 Å². The third kappa shape index (κ3) is 6.34. The van der Waals surface area contributed by atoms with Gasteiger partial charge in [0.05, 0.1) is 11.4 Å². The summed E-state index contributed by atoms with van der Waals surface area (Å²) >= 11 is 0. The molecule has 0 fully saturated rings. The number of sulfone groups is 1. The van der Waals surface area contributed by atoms with Crippen molar-refractivity contribution in [3.63, 3.8) is 0 Å². The van der Waals surface area contributed by atoms with Crippen LogP contribution in [0.15, 0.2) is 0 Å². The van der Waals surface area contributed by atoms with Gasteiger partial charge in [-0.1, -0.05) is 13.8 Å². The summed E-state index contributed by atoms with van der Waals surface area (Å²) in [6.07, 6.45) is 0.653. The molecule has 0 saturated carbocycles. The number of hydrogen-bond donors (Lipinski definition) is 2. The Kier molecular flexibility index (Phi) is 5.63. The standard InChI is InChI=1S/C9H21NO3S/c1-4-9(3,11)8-10-6-7-14(12,13)5-2/h10-11H,4-8H2,1-3H3. The van der Waals surface area contributed by atoms with Gasteiger partial charge in [0.1, 0.15) is 0 Å². The van der Waals surface area contributed by atoms with E-state index in [0.717, 1.165) is 0 Å². The fourth-order valence-corrected chi connectivity index (χ4v) is 1.60. The molecule has 0 aliphatic rings. The van der Waals surface area contributed by atoms with Crippen LogP contribution in [-0.2, 0) is 9.84 Å². The highest BCUT2D eigenvalue weighted by atomic mass is 32.2. The minimum Gasteiger partial charge on any atom is -0.389 e. The molecule has 0 bridgehead atoms. The van der Waals surface area contributed by atoms with Gasteiger partial charge >= 0.3 is 0 Å². The van der Waals surface area contributed by atoms with E-state index in [4.69, 9.17) is 0 Å². The fraction of sp³-hybridized carbons (Fsp3) is 1.00. The monoisotopic (exact) mass is 223 g/mol. The lowest BCUT2D eigenvalue weighted by Gasteiger charge is -2.21. The Balaban J connectivity index is 3.68. The van der Waals surface area contributed by atoms with Gasteiger partial charge < -0.3 is 10.4 Å². The summed E-state index contributed by atoms with van der Waals surface area (Å²) in [6, 6.07) is 0. The number of aliphatic hydroxyl groups is 1. The molecule has 0 aromatic heterocycles. The van der Waals surface area contributed by atoms with Gasteiger partial charge in [-0.05, 0) is 13.3 Å². The Morgan fingerprint density at radius 2 is 1.93 bits per heavy atom. The third-order valence-electron chi connectivity index (χ3n) is 2.30. The van der Waals surface area contributed by atoms with E-state index < -0.39 is 15.4 Å². The minimum atomic E-state index is -2.89. The molecule has 0 spiro atoms. The number of nitrogens with one attached hydrogen (secondary N) is 1. The molecule has 0 amide bonds. The van der Waals surface area contributed by atoms with Crippen LogP contribution in [0.2, 0.25) is 0 Å². The summed E-state index contributed by atoms with van der Waals surface area (Å²) in [5.41, 5.74) is -0.740. The smallest absolute Gasteiger partial charge is 0.151 e. The lowest BCUT2D eigenvalue weighted by Crippen LogP contribution is -2.39. The average molecular weight is 223 g/mol. The summed E-state index contributed by atoms with van der Waals surface area (Å²) < 4.78 is 22.2. The van der Waals surface area contributed by atoms with E-state index in [0.29, 0.717) is 19.5 Å². The van der Waals surface area contributed by atoms with Crippen LogP contribution in [0.25, 0.3) is 0 Å². The molecule has 86 valence electrons. The summed E-state index contributed by atoms with van der Waals surface area (Å²) in [5, 5.41) is 12.5. The average Bonchev–Trinajstić information content (AvgIpc) is 2.13. The second kappa shape index (κ2) is 5.68.